The molecule has 1 unspecified atom stereocenters. The highest BCUT2D eigenvalue weighted by molar-refractivity contribution is 8.00. The molecule has 1 atom stereocenters. The minimum atomic E-state index is -5.00. The number of rotatable bonds is 8. The van der Waals surface area contributed by atoms with Gasteiger partial charge in [-0.25, -0.2) is 8.42 Å². The van der Waals surface area contributed by atoms with Crippen LogP contribution in [-0.2, 0) is 10.0 Å². The van der Waals surface area contributed by atoms with Crippen LogP contribution in [0.25, 0.3) is 0 Å². The van der Waals surface area contributed by atoms with Crippen molar-refractivity contribution in [3.63, 3.8) is 0 Å². The molecule has 1 saturated heterocycles. The van der Waals surface area contributed by atoms with E-state index in [-0.39, 0.29) is 6.54 Å². The van der Waals surface area contributed by atoms with E-state index in [9.17, 15) is 21.6 Å². The highest BCUT2D eigenvalue weighted by Crippen LogP contribution is 2.41. The van der Waals surface area contributed by atoms with E-state index in [1.165, 1.54) is 36.7 Å². The number of ether oxygens (including phenoxy) is 2. The van der Waals surface area contributed by atoms with Gasteiger partial charge in [0, 0.05) is 35.8 Å². The van der Waals surface area contributed by atoms with Gasteiger partial charge in [0.05, 0.1) is 12.3 Å². The molecule has 2 aromatic rings. The van der Waals surface area contributed by atoms with Crippen molar-refractivity contribution >= 4 is 27.5 Å². The first-order valence-electron chi connectivity index (χ1n) is 11.2. The van der Waals surface area contributed by atoms with Crippen molar-refractivity contribution in [2.75, 3.05) is 36.3 Å². The number of sulfonamides is 1. The largest absolute Gasteiger partial charge is 0.573 e. The van der Waals surface area contributed by atoms with Gasteiger partial charge in [-0.3, -0.25) is 4.31 Å². The van der Waals surface area contributed by atoms with Crippen molar-refractivity contribution in [3.05, 3.63) is 42.5 Å². The minimum Gasteiger partial charge on any atom is -0.493 e. The maximum atomic E-state index is 13.4. The summed E-state index contributed by atoms with van der Waals surface area (Å²) in [5.74, 6) is 0.247. The van der Waals surface area contributed by atoms with Gasteiger partial charge in [-0.2, -0.15) is 0 Å². The van der Waals surface area contributed by atoms with Crippen LogP contribution in [0.1, 0.15) is 26.2 Å². The lowest BCUT2D eigenvalue weighted by atomic mass is 10.2. The molecule has 0 radical (unpaired) electrons. The number of anilines is 1. The molecule has 0 bridgehead atoms. The Bertz CT molecular complexity index is 1110. The van der Waals surface area contributed by atoms with Gasteiger partial charge in [0.2, 0.25) is 0 Å². The van der Waals surface area contributed by atoms with Crippen molar-refractivity contribution in [2.24, 2.45) is 0 Å². The number of likely N-dealkylation sites (tertiary alicyclic amines) is 1. The number of nitrogens with zero attached hydrogens (tertiary/aromatic N) is 2. The molecule has 186 valence electrons. The monoisotopic (exact) mass is 516 g/mol. The molecule has 4 rings (SSSR count). The third-order valence-corrected chi connectivity index (χ3v) is 8.84. The highest BCUT2D eigenvalue weighted by atomic mass is 32.2. The fourth-order valence-corrected chi connectivity index (χ4v) is 7.03. The molecule has 2 aromatic carbocycles. The average molecular weight is 517 g/mol. The summed E-state index contributed by atoms with van der Waals surface area (Å²) < 4.78 is 76.5. The molecule has 34 heavy (non-hydrogen) atoms. The Morgan fingerprint density at radius 3 is 2.68 bits per heavy atom. The summed E-state index contributed by atoms with van der Waals surface area (Å²) in [4.78, 5) is 2.63. The number of hydrogen-bond acceptors (Lipinski definition) is 6. The summed E-state index contributed by atoms with van der Waals surface area (Å²) in [6.07, 6.45) is -1.73. The van der Waals surface area contributed by atoms with E-state index in [2.05, 4.69) is 16.6 Å². The Balaban J connectivity index is 1.52. The lowest BCUT2D eigenvalue weighted by Crippen LogP contribution is -2.36. The van der Waals surface area contributed by atoms with Crippen molar-refractivity contribution in [2.45, 2.75) is 48.4 Å². The zero-order valence-corrected chi connectivity index (χ0v) is 20.4. The maximum Gasteiger partial charge on any atom is 0.573 e. The van der Waals surface area contributed by atoms with Crippen LogP contribution >= 0.6 is 11.8 Å². The van der Waals surface area contributed by atoms with E-state index in [0.717, 1.165) is 40.8 Å². The van der Waals surface area contributed by atoms with Crippen molar-refractivity contribution < 1.29 is 31.1 Å². The Hall–Kier alpha value is -2.11. The second-order valence-electron chi connectivity index (χ2n) is 8.28. The van der Waals surface area contributed by atoms with E-state index in [1.807, 2.05) is 0 Å². The van der Waals surface area contributed by atoms with E-state index in [0.29, 0.717) is 29.8 Å². The van der Waals surface area contributed by atoms with Gasteiger partial charge in [0.15, 0.2) is 0 Å². The number of halogens is 3. The topological polar surface area (TPSA) is 59.1 Å². The molecule has 0 aromatic heterocycles. The Morgan fingerprint density at radius 2 is 1.94 bits per heavy atom. The Morgan fingerprint density at radius 1 is 1.15 bits per heavy atom. The summed E-state index contributed by atoms with van der Waals surface area (Å²) in [5.41, 5.74) is 0.392. The summed E-state index contributed by atoms with van der Waals surface area (Å²) in [5, 5.41) is 0. The number of benzene rings is 2. The third-order valence-electron chi connectivity index (χ3n) is 5.94. The third kappa shape index (κ3) is 5.75. The van der Waals surface area contributed by atoms with Gasteiger partial charge in [-0.15, -0.1) is 24.9 Å². The molecule has 0 saturated carbocycles. The highest BCUT2D eigenvalue weighted by Gasteiger charge is 2.37. The zero-order chi connectivity index (χ0) is 24.3. The number of thioether (sulfide) groups is 1. The number of alkyl halides is 3. The predicted molar refractivity (Wildman–Crippen MR) is 125 cm³/mol. The molecule has 0 N–H and O–H groups in total. The van der Waals surface area contributed by atoms with Crippen molar-refractivity contribution in [1.29, 1.82) is 0 Å². The second kappa shape index (κ2) is 10.2. The normalized spacial score (nSPS) is 19.2. The molecule has 2 aliphatic rings. The minimum absolute atomic E-state index is 0.122. The summed E-state index contributed by atoms with van der Waals surface area (Å²) in [6.45, 7) is 4.88. The maximum absolute atomic E-state index is 13.4. The molecule has 0 amide bonds. The smallest absolute Gasteiger partial charge is 0.493 e. The lowest BCUT2D eigenvalue weighted by molar-refractivity contribution is -0.275. The van der Waals surface area contributed by atoms with Crippen LogP contribution in [0.5, 0.6) is 11.5 Å². The summed E-state index contributed by atoms with van der Waals surface area (Å²) in [6, 6.07) is 10.6. The van der Waals surface area contributed by atoms with Crippen LogP contribution in [0, 0.1) is 0 Å². The standard InChI is InChI=1S/C23H27F3N2O4S2/c1-17-6-4-11-27(17)12-5-14-31-18-9-10-21-19(16-18)28(13-15-33-21)34(29,30)22-8-3-2-7-20(22)32-23(24,25)26/h2-3,7-10,16-17H,4-6,11-15H2,1H3. The fourth-order valence-electron chi connectivity index (χ4n) is 4.29. The molecular weight excluding hydrogens is 489 g/mol. The number of fused-ring (bicyclic) bond motifs is 1. The van der Waals surface area contributed by atoms with Crippen molar-refractivity contribution in [3.8, 4) is 11.5 Å². The van der Waals surface area contributed by atoms with E-state index in [1.54, 1.807) is 18.2 Å². The molecule has 11 heteroatoms. The van der Waals surface area contributed by atoms with Gasteiger partial charge >= 0.3 is 6.36 Å². The number of hydrogen-bond donors (Lipinski definition) is 0. The zero-order valence-electron chi connectivity index (χ0n) is 18.8. The van der Waals surface area contributed by atoms with Crippen LogP contribution in [-0.4, -0.2) is 57.7 Å². The van der Waals surface area contributed by atoms with Crippen LogP contribution in [0.15, 0.2) is 52.3 Å². The van der Waals surface area contributed by atoms with Crippen molar-refractivity contribution in [1.82, 2.24) is 4.90 Å². The molecular formula is C23H27F3N2O4S2. The summed E-state index contributed by atoms with van der Waals surface area (Å²) >= 11 is 1.49. The molecule has 2 heterocycles. The van der Waals surface area contributed by atoms with Gasteiger partial charge < -0.3 is 14.4 Å². The summed E-state index contributed by atoms with van der Waals surface area (Å²) in [7, 11) is -4.30. The molecule has 0 spiro atoms. The average Bonchev–Trinajstić information content (AvgIpc) is 3.20. The first-order chi connectivity index (χ1) is 16.1. The van der Waals surface area contributed by atoms with Gasteiger partial charge in [-0.1, -0.05) is 12.1 Å². The van der Waals surface area contributed by atoms with Crippen LogP contribution in [0.2, 0.25) is 0 Å². The fraction of sp³-hybridized carbons (Fsp3) is 0.478. The SMILES string of the molecule is CC1CCCN1CCCOc1ccc2c(c1)N(S(=O)(=O)c1ccccc1OC(F)(F)F)CCS2. The van der Waals surface area contributed by atoms with E-state index in [4.69, 9.17) is 4.74 Å². The van der Waals surface area contributed by atoms with E-state index >= 15 is 0 Å². The Kier molecular flexibility index (Phi) is 7.54. The van der Waals surface area contributed by atoms with Gasteiger partial charge in [-0.05, 0) is 57.0 Å². The van der Waals surface area contributed by atoms with Crippen LogP contribution < -0.4 is 13.8 Å². The van der Waals surface area contributed by atoms with Gasteiger partial charge in [0.25, 0.3) is 10.0 Å². The molecule has 6 nitrogen and oxygen atoms in total. The predicted octanol–water partition coefficient (Wildman–Crippen LogP) is 5.14. The lowest BCUT2D eigenvalue weighted by Gasteiger charge is -2.31. The van der Waals surface area contributed by atoms with Crippen LogP contribution in [0.4, 0.5) is 18.9 Å². The molecule has 0 aliphatic carbocycles. The number of para-hydroxylation sites is 1. The molecule has 2 aliphatic heterocycles. The van der Waals surface area contributed by atoms with E-state index < -0.39 is 27.0 Å². The van der Waals surface area contributed by atoms with Crippen LogP contribution in [0.3, 0.4) is 0 Å². The van der Waals surface area contributed by atoms with Gasteiger partial charge in [0.1, 0.15) is 16.4 Å². The quantitative estimate of drug-likeness (QED) is 0.453. The molecule has 1 fully saturated rings. The first-order valence-corrected chi connectivity index (χ1v) is 13.6. The second-order valence-corrected chi connectivity index (χ2v) is 11.2. The Labute approximate surface area is 202 Å². The first kappa shape index (κ1) is 25.0.